The summed E-state index contributed by atoms with van der Waals surface area (Å²) in [4.78, 5) is 75.6. The van der Waals surface area contributed by atoms with Crippen LogP contribution >= 0.6 is 0 Å². The quantitative estimate of drug-likeness (QED) is 0.222. The van der Waals surface area contributed by atoms with Crippen LogP contribution in [-0.2, 0) is 19.1 Å². The number of piperazine rings is 1. The Morgan fingerprint density at radius 1 is 0.685 bits per heavy atom. The lowest BCUT2D eigenvalue weighted by atomic mass is 10.0. The summed E-state index contributed by atoms with van der Waals surface area (Å²) in [6.45, 7) is 12.1. The highest BCUT2D eigenvalue weighted by molar-refractivity contribution is 5.87. The van der Waals surface area contributed by atoms with Gasteiger partial charge in [0.25, 0.3) is 0 Å². The molecule has 3 aliphatic heterocycles. The molecule has 4 unspecified atom stereocenters. The molecule has 3 aliphatic rings. The highest BCUT2D eigenvalue weighted by atomic mass is 16.5. The molecule has 16 heteroatoms. The number of likely N-dealkylation sites (tertiary alicyclic amines) is 2. The zero-order chi connectivity index (χ0) is 38.5. The zero-order valence-electron chi connectivity index (χ0n) is 32.1. The fraction of sp³-hybridized carbons (Fsp3) is 0.579. The molecule has 0 radical (unpaired) electrons. The summed E-state index contributed by atoms with van der Waals surface area (Å²) in [6.07, 6.45) is 5.76. The van der Waals surface area contributed by atoms with Crippen LogP contribution in [0.3, 0.4) is 0 Å². The molecule has 292 valence electrons. The first-order chi connectivity index (χ1) is 26.0. The Hall–Kier alpha value is -5.28. The van der Waals surface area contributed by atoms with Crippen LogP contribution < -0.4 is 20.4 Å². The highest BCUT2D eigenvalue weighted by Gasteiger charge is 2.39. The van der Waals surface area contributed by atoms with Crippen molar-refractivity contribution >= 4 is 35.5 Å². The molecule has 0 bridgehead atoms. The number of rotatable bonds is 11. The number of ether oxygens (including phenoxy) is 2. The average Bonchev–Trinajstić information content (AvgIpc) is 4.02. The van der Waals surface area contributed by atoms with Crippen molar-refractivity contribution in [3.8, 4) is 11.3 Å². The molecule has 2 aromatic heterocycles. The van der Waals surface area contributed by atoms with E-state index in [-0.39, 0.29) is 35.7 Å². The fourth-order valence-electron chi connectivity index (χ4n) is 7.75. The molecule has 16 nitrogen and oxygen atoms in total. The minimum Gasteiger partial charge on any atom is -0.453 e. The number of hydrogen-bond acceptors (Lipinski definition) is 10. The van der Waals surface area contributed by atoms with Gasteiger partial charge in [0.05, 0.1) is 44.4 Å². The average molecular weight is 747 g/mol. The Morgan fingerprint density at radius 3 is 1.67 bits per heavy atom. The number of alkyl carbamates (subject to hydrolysis) is 2. The standard InChI is InChI=1S/C38H54N10O6/c1-23(2)31(43-37(51)53-5)35(49)47-15-7-9-28(47)33-39-21-27(41-33)25-11-13-26(14-12-25)45-17-19-46(20-18-45)30-22-40-34(42-30)29-10-8-16-48(29)36(50)32(24(3)4)44-38(52)54-6/h11-14,21-24,28-29,31-32H,7-10,15-20H2,1-6H3,(H,39,41)(H,40,42)(H,43,51)(H,44,52). The summed E-state index contributed by atoms with van der Waals surface area (Å²) in [5.74, 6) is 1.99. The van der Waals surface area contributed by atoms with Gasteiger partial charge in [-0.2, -0.15) is 0 Å². The minimum atomic E-state index is -0.680. The van der Waals surface area contributed by atoms with Gasteiger partial charge in [-0.15, -0.1) is 0 Å². The summed E-state index contributed by atoms with van der Waals surface area (Å²) in [7, 11) is 2.59. The lowest BCUT2D eigenvalue weighted by Crippen LogP contribution is -2.51. The first-order valence-electron chi connectivity index (χ1n) is 19.0. The molecule has 3 fully saturated rings. The van der Waals surface area contributed by atoms with Crippen LogP contribution in [0, 0.1) is 11.8 Å². The summed E-state index contributed by atoms with van der Waals surface area (Å²) >= 11 is 0. The maximum atomic E-state index is 13.5. The Morgan fingerprint density at radius 2 is 1.17 bits per heavy atom. The topological polar surface area (TPSA) is 181 Å². The van der Waals surface area contributed by atoms with Crippen LogP contribution in [0.25, 0.3) is 11.3 Å². The first kappa shape index (κ1) is 38.4. The normalized spacial score (nSPS) is 20.0. The van der Waals surface area contributed by atoms with Gasteiger partial charge in [0.15, 0.2) is 0 Å². The number of amides is 4. The summed E-state index contributed by atoms with van der Waals surface area (Å²) in [6, 6.07) is 6.71. The summed E-state index contributed by atoms with van der Waals surface area (Å²) < 4.78 is 9.51. The molecule has 4 atom stereocenters. The van der Waals surface area contributed by atoms with Crippen molar-refractivity contribution in [2.24, 2.45) is 11.8 Å². The number of nitrogens with one attached hydrogen (secondary N) is 4. The number of aromatic amines is 2. The minimum absolute atomic E-state index is 0.0923. The van der Waals surface area contributed by atoms with Gasteiger partial charge in [0, 0.05) is 45.0 Å². The number of hydrogen-bond donors (Lipinski definition) is 4. The SMILES string of the molecule is COC(=O)NC(C(=O)N1CCCC1c1ncc(-c2ccc(N3CCN(c4cnc(C5CCCN5C(=O)C(NC(=O)OC)C(C)C)[nH]4)CC3)cc2)[nH]1)C(C)C. The van der Waals surface area contributed by atoms with E-state index in [1.165, 1.54) is 14.2 Å². The van der Waals surface area contributed by atoms with Crippen molar-refractivity contribution in [2.45, 2.75) is 77.5 Å². The van der Waals surface area contributed by atoms with E-state index >= 15 is 0 Å². The Balaban J connectivity index is 1.04. The lowest BCUT2D eigenvalue weighted by Gasteiger charge is -2.36. The van der Waals surface area contributed by atoms with Crippen LogP contribution in [-0.4, -0.2) is 119 Å². The van der Waals surface area contributed by atoms with Crippen LogP contribution in [0.15, 0.2) is 36.7 Å². The third kappa shape index (κ3) is 8.26. The second-order valence-electron chi connectivity index (χ2n) is 15.0. The monoisotopic (exact) mass is 746 g/mol. The van der Waals surface area contributed by atoms with Gasteiger partial charge in [-0.25, -0.2) is 19.6 Å². The van der Waals surface area contributed by atoms with E-state index in [4.69, 9.17) is 14.5 Å². The summed E-state index contributed by atoms with van der Waals surface area (Å²) in [5.41, 5.74) is 3.02. The predicted octanol–water partition coefficient (Wildman–Crippen LogP) is 4.21. The van der Waals surface area contributed by atoms with Crippen molar-refractivity contribution in [2.75, 3.05) is 63.3 Å². The third-order valence-corrected chi connectivity index (χ3v) is 10.8. The Kier molecular flexibility index (Phi) is 12.0. The molecular formula is C38H54N10O6. The molecule has 4 amide bonds. The number of aromatic nitrogens is 4. The molecule has 3 saturated heterocycles. The van der Waals surface area contributed by atoms with Crippen molar-refractivity contribution in [1.82, 2.24) is 40.4 Å². The molecular weight excluding hydrogens is 692 g/mol. The lowest BCUT2D eigenvalue weighted by molar-refractivity contribution is -0.136. The number of imidazole rings is 2. The molecule has 4 N–H and O–H groups in total. The van der Waals surface area contributed by atoms with Gasteiger partial charge in [0.2, 0.25) is 11.8 Å². The van der Waals surface area contributed by atoms with Crippen LogP contribution in [0.5, 0.6) is 0 Å². The number of H-pyrrole nitrogens is 2. The molecule has 54 heavy (non-hydrogen) atoms. The number of carbonyl (C=O) groups excluding carboxylic acids is 4. The maximum absolute atomic E-state index is 13.5. The van der Waals surface area contributed by atoms with Crippen LogP contribution in [0.1, 0.15) is 77.1 Å². The van der Waals surface area contributed by atoms with Crippen molar-refractivity contribution in [3.05, 3.63) is 48.3 Å². The van der Waals surface area contributed by atoms with Crippen LogP contribution in [0.2, 0.25) is 0 Å². The molecule has 0 spiro atoms. The largest absolute Gasteiger partial charge is 0.453 e. The molecule has 0 aliphatic carbocycles. The second-order valence-corrected chi connectivity index (χ2v) is 15.0. The van der Waals surface area contributed by atoms with E-state index in [1.807, 2.05) is 49.9 Å². The number of methoxy groups -OCH3 is 2. The van der Waals surface area contributed by atoms with Crippen LogP contribution in [0.4, 0.5) is 21.1 Å². The van der Waals surface area contributed by atoms with Gasteiger partial charge in [-0.05, 0) is 55.2 Å². The third-order valence-electron chi connectivity index (χ3n) is 10.8. The van der Waals surface area contributed by atoms with Gasteiger partial charge < -0.3 is 49.7 Å². The number of benzene rings is 1. The van der Waals surface area contributed by atoms with Gasteiger partial charge >= 0.3 is 12.2 Å². The van der Waals surface area contributed by atoms with E-state index in [0.717, 1.165) is 86.3 Å². The van der Waals surface area contributed by atoms with E-state index in [2.05, 4.69) is 59.7 Å². The number of anilines is 2. The van der Waals surface area contributed by atoms with Gasteiger partial charge in [-0.3, -0.25) is 9.59 Å². The van der Waals surface area contributed by atoms with E-state index in [1.54, 1.807) is 0 Å². The van der Waals surface area contributed by atoms with E-state index in [9.17, 15) is 19.2 Å². The predicted molar refractivity (Wildman–Crippen MR) is 203 cm³/mol. The van der Waals surface area contributed by atoms with E-state index in [0.29, 0.717) is 13.1 Å². The van der Waals surface area contributed by atoms with Gasteiger partial charge in [-0.1, -0.05) is 39.8 Å². The van der Waals surface area contributed by atoms with Crippen molar-refractivity contribution < 1.29 is 28.7 Å². The maximum Gasteiger partial charge on any atom is 0.407 e. The Labute approximate surface area is 316 Å². The highest BCUT2D eigenvalue weighted by Crippen LogP contribution is 2.34. The second kappa shape index (κ2) is 16.8. The molecule has 6 rings (SSSR count). The Bertz CT molecular complexity index is 1770. The zero-order valence-corrected chi connectivity index (χ0v) is 32.1. The fourth-order valence-corrected chi connectivity index (χ4v) is 7.75. The molecule has 1 aromatic carbocycles. The molecule has 3 aromatic rings. The number of carbonyl (C=O) groups is 4. The smallest absolute Gasteiger partial charge is 0.407 e. The number of nitrogens with zero attached hydrogens (tertiary/aromatic N) is 6. The van der Waals surface area contributed by atoms with Crippen molar-refractivity contribution in [3.63, 3.8) is 0 Å². The van der Waals surface area contributed by atoms with Gasteiger partial charge in [0.1, 0.15) is 29.6 Å². The molecule has 0 saturated carbocycles. The summed E-state index contributed by atoms with van der Waals surface area (Å²) in [5, 5.41) is 5.40. The molecule has 5 heterocycles. The van der Waals surface area contributed by atoms with E-state index < -0.39 is 24.3 Å². The van der Waals surface area contributed by atoms with Crippen molar-refractivity contribution in [1.29, 1.82) is 0 Å². The first-order valence-corrected chi connectivity index (χ1v) is 19.0.